The molecular formula is C12H17NO2S. The van der Waals surface area contributed by atoms with E-state index in [9.17, 15) is 4.79 Å². The molecule has 1 aliphatic rings. The molecule has 0 saturated heterocycles. The van der Waals surface area contributed by atoms with Gasteiger partial charge in [-0.15, -0.1) is 11.3 Å². The quantitative estimate of drug-likeness (QED) is 0.842. The second-order valence-electron chi connectivity index (χ2n) is 4.67. The van der Waals surface area contributed by atoms with E-state index in [2.05, 4.69) is 5.32 Å². The summed E-state index contributed by atoms with van der Waals surface area (Å²) in [6, 6.07) is 1.92. The summed E-state index contributed by atoms with van der Waals surface area (Å²) in [5, 5.41) is 12.1. The molecule has 0 aliphatic heterocycles. The maximum atomic E-state index is 11.9. The molecule has 0 bridgehead atoms. The molecule has 88 valence electrons. The summed E-state index contributed by atoms with van der Waals surface area (Å²) >= 11 is 1.64. The van der Waals surface area contributed by atoms with Crippen LogP contribution in [0.3, 0.4) is 0 Å². The molecule has 0 aromatic carbocycles. The molecule has 0 atom stereocenters. The van der Waals surface area contributed by atoms with Crippen molar-refractivity contribution in [1.29, 1.82) is 0 Å². The second-order valence-corrected chi connectivity index (χ2v) is 6.13. The van der Waals surface area contributed by atoms with Gasteiger partial charge in [-0.05, 0) is 32.8 Å². The van der Waals surface area contributed by atoms with Gasteiger partial charge in [-0.25, -0.2) is 0 Å². The largest absolute Gasteiger partial charge is 0.396 e. The number of aliphatic hydroxyl groups excluding tert-OH is 1. The summed E-state index contributed by atoms with van der Waals surface area (Å²) in [4.78, 5) is 14.1. The van der Waals surface area contributed by atoms with Crippen LogP contribution in [0.2, 0.25) is 0 Å². The van der Waals surface area contributed by atoms with E-state index in [1.165, 1.54) is 0 Å². The topological polar surface area (TPSA) is 49.3 Å². The van der Waals surface area contributed by atoms with Gasteiger partial charge in [-0.1, -0.05) is 0 Å². The molecule has 1 fully saturated rings. The van der Waals surface area contributed by atoms with Gasteiger partial charge >= 0.3 is 0 Å². The minimum atomic E-state index is -0.0192. The summed E-state index contributed by atoms with van der Waals surface area (Å²) in [7, 11) is 0. The van der Waals surface area contributed by atoms with E-state index in [0.29, 0.717) is 6.54 Å². The van der Waals surface area contributed by atoms with E-state index in [1.807, 2.05) is 19.9 Å². The number of nitrogens with one attached hydrogen (secondary N) is 1. The molecule has 1 aromatic rings. The molecule has 16 heavy (non-hydrogen) atoms. The van der Waals surface area contributed by atoms with Crippen LogP contribution in [0.4, 0.5) is 0 Å². The molecule has 1 heterocycles. The maximum absolute atomic E-state index is 11.9. The molecule has 0 radical (unpaired) electrons. The monoisotopic (exact) mass is 239 g/mol. The lowest BCUT2D eigenvalue weighted by Crippen LogP contribution is -2.31. The van der Waals surface area contributed by atoms with Crippen molar-refractivity contribution in [3.8, 4) is 0 Å². The molecule has 4 heteroatoms. The number of aryl methyl sites for hydroxylation is 2. The minimum Gasteiger partial charge on any atom is -0.396 e. The lowest BCUT2D eigenvalue weighted by Gasteiger charge is -2.12. The molecule has 1 aliphatic carbocycles. The predicted octanol–water partition coefficient (Wildman–Crippen LogP) is 1.87. The van der Waals surface area contributed by atoms with Crippen molar-refractivity contribution in [2.75, 3.05) is 13.2 Å². The number of carbonyl (C=O) groups is 1. The Kier molecular flexibility index (Phi) is 3.04. The Hall–Kier alpha value is -0.870. The fourth-order valence-electron chi connectivity index (χ4n) is 1.79. The highest BCUT2D eigenvalue weighted by Gasteiger charge is 2.42. The number of thiophene rings is 1. The van der Waals surface area contributed by atoms with E-state index >= 15 is 0 Å². The first-order valence-electron chi connectivity index (χ1n) is 5.52. The lowest BCUT2D eigenvalue weighted by atomic mass is 10.1. The number of rotatable bonds is 4. The second kappa shape index (κ2) is 4.18. The summed E-state index contributed by atoms with van der Waals surface area (Å²) in [5.74, 6) is -0.0124. The van der Waals surface area contributed by atoms with E-state index in [0.717, 1.165) is 28.2 Å². The fraction of sp³-hybridized carbons (Fsp3) is 0.583. The van der Waals surface area contributed by atoms with Crippen molar-refractivity contribution >= 4 is 17.2 Å². The predicted molar refractivity (Wildman–Crippen MR) is 64.9 cm³/mol. The Bertz CT molecular complexity index is 407. The number of amides is 1. The third-order valence-corrected chi connectivity index (χ3v) is 4.17. The van der Waals surface area contributed by atoms with Crippen LogP contribution >= 0.6 is 11.3 Å². The molecule has 0 unspecified atom stereocenters. The van der Waals surface area contributed by atoms with Crippen molar-refractivity contribution in [3.63, 3.8) is 0 Å². The average Bonchev–Trinajstić information content (AvgIpc) is 2.96. The molecule has 2 rings (SSSR count). The molecule has 1 saturated carbocycles. The van der Waals surface area contributed by atoms with Gasteiger partial charge in [0.05, 0.1) is 12.2 Å². The Balaban J connectivity index is 1.96. The third-order valence-electron chi connectivity index (χ3n) is 3.20. The Morgan fingerprint density at radius 1 is 1.56 bits per heavy atom. The first kappa shape index (κ1) is 11.6. The van der Waals surface area contributed by atoms with Crippen LogP contribution in [-0.2, 0) is 0 Å². The van der Waals surface area contributed by atoms with E-state index < -0.39 is 0 Å². The zero-order valence-electron chi connectivity index (χ0n) is 9.67. The van der Waals surface area contributed by atoms with Crippen molar-refractivity contribution < 1.29 is 9.90 Å². The van der Waals surface area contributed by atoms with Crippen LogP contribution in [0.25, 0.3) is 0 Å². The Morgan fingerprint density at radius 2 is 2.25 bits per heavy atom. The van der Waals surface area contributed by atoms with Crippen molar-refractivity contribution in [3.05, 3.63) is 21.4 Å². The molecule has 0 spiro atoms. The molecule has 3 nitrogen and oxygen atoms in total. The number of hydrogen-bond donors (Lipinski definition) is 2. The summed E-state index contributed by atoms with van der Waals surface area (Å²) in [5.41, 5.74) is 0.755. The lowest BCUT2D eigenvalue weighted by molar-refractivity contribution is 0.0935. The van der Waals surface area contributed by atoms with Crippen molar-refractivity contribution in [2.24, 2.45) is 5.41 Å². The number of hydrogen-bond acceptors (Lipinski definition) is 3. The fourth-order valence-corrected chi connectivity index (χ4v) is 2.71. The zero-order chi connectivity index (χ0) is 11.8. The van der Waals surface area contributed by atoms with Crippen LogP contribution < -0.4 is 5.32 Å². The van der Waals surface area contributed by atoms with Gasteiger partial charge in [-0.3, -0.25) is 4.79 Å². The normalized spacial score (nSPS) is 17.2. The van der Waals surface area contributed by atoms with Gasteiger partial charge < -0.3 is 10.4 Å². The van der Waals surface area contributed by atoms with Crippen LogP contribution in [0.5, 0.6) is 0 Å². The Labute approximate surface area is 99.5 Å². The van der Waals surface area contributed by atoms with Gasteiger partial charge in [0.15, 0.2) is 0 Å². The first-order valence-corrected chi connectivity index (χ1v) is 6.34. The van der Waals surface area contributed by atoms with Crippen molar-refractivity contribution in [1.82, 2.24) is 5.32 Å². The van der Waals surface area contributed by atoms with Gasteiger partial charge in [-0.2, -0.15) is 0 Å². The molecule has 1 amide bonds. The highest BCUT2D eigenvalue weighted by molar-refractivity contribution is 7.12. The number of aliphatic hydroxyl groups is 1. The first-order chi connectivity index (χ1) is 7.56. The van der Waals surface area contributed by atoms with Gasteiger partial charge in [0, 0.05) is 21.7 Å². The smallest absolute Gasteiger partial charge is 0.252 e. The van der Waals surface area contributed by atoms with Gasteiger partial charge in [0.25, 0.3) is 5.91 Å². The molecular weight excluding hydrogens is 222 g/mol. The van der Waals surface area contributed by atoms with Crippen LogP contribution in [0, 0.1) is 19.3 Å². The highest BCUT2D eigenvalue weighted by Crippen LogP contribution is 2.44. The standard InChI is InChI=1S/C12H17NO2S/c1-8-5-10(9(2)16-8)11(15)13-6-12(7-14)3-4-12/h5,14H,3-4,6-7H2,1-2H3,(H,13,15). The van der Waals surface area contributed by atoms with Crippen molar-refractivity contribution in [2.45, 2.75) is 26.7 Å². The van der Waals surface area contributed by atoms with Crippen LogP contribution in [0.15, 0.2) is 6.07 Å². The van der Waals surface area contributed by atoms with E-state index in [-0.39, 0.29) is 17.9 Å². The molecule has 2 N–H and O–H groups in total. The SMILES string of the molecule is Cc1cc(C(=O)NCC2(CO)CC2)c(C)s1. The summed E-state index contributed by atoms with van der Waals surface area (Å²) in [6.07, 6.45) is 2.04. The van der Waals surface area contributed by atoms with Gasteiger partial charge in [0.1, 0.15) is 0 Å². The maximum Gasteiger partial charge on any atom is 0.252 e. The summed E-state index contributed by atoms with van der Waals surface area (Å²) < 4.78 is 0. The van der Waals surface area contributed by atoms with Crippen LogP contribution in [-0.4, -0.2) is 24.2 Å². The minimum absolute atomic E-state index is 0.0124. The van der Waals surface area contributed by atoms with Gasteiger partial charge in [0.2, 0.25) is 0 Å². The average molecular weight is 239 g/mol. The molecule has 1 aromatic heterocycles. The highest BCUT2D eigenvalue weighted by atomic mass is 32.1. The van der Waals surface area contributed by atoms with E-state index in [4.69, 9.17) is 5.11 Å². The number of carbonyl (C=O) groups excluding carboxylic acids is 1. The third kappa shape index (κ3) is 2.28. The summed E-state index contributed by atoms with van der Waals surface area (Å²) in [6.45, 7) is 4.74. The van der Waals surface area contributed by atoms with E-state index in [1.54, 1.807) is 11.3 Å². The zero-order valence-corrected chi connectivity index (χ0v) is 10.5. The Morgan fingerprint density at radius 3 is 2.69 bits per heavy atom. The van der Waals surface area contributed by atoms with Crippen LogP contribution in [0.1, 0.15) is 33.0 Å².